The molecule has 1 N–H and O–H groups in total. The lowest BCUT2D eigenvalue weighted by Gasteiger charge is -2.17. The van der Waals surface area contributed by atoms with Gasteiger partial charge in [-0.2, -0.15) is 0 Å². The fraction of sp³-hybridized carbons (Fsp3) is 0.591. The van der Waals surface area contributed by atoms with E-state index in [1.807, 2.05) is 4.57 Å². The molecule has 2 heterocycles. The molecular formula is C22H29FN4O2S. The molecule has 1 aliphatic heterocycles. The Bertz CT molecular complexity index is 828. The molecular weight excluding hydrogens is 403 g/mol. The van der Waals surface area contributed by atoms with E-state index in [1.165, 1.54) is 49.6 Å². The lowest BCUT2D eigenvalue weighted by atomic mass is 10.1. The van der Waals surface area contributed by atoms with Gasteiger partial charge in [-0.3, -0.25) is 9.36 Å². The zero-order valence-electron chi connectivity index (χ0n) is 17.2. The molecule has 1 atom stereocenters. The van der Waals surface area contributed by atoms with E-state index in [2.05, 4.69) is 15.5 Å². The smallest absolute Gasteiger partial charge is 0.230 e. The zero-order valence-corrected chi connectivity index (χ0v) is 18.0. The van der Waals surface area contributed by atoms with E-state index in [9.17, 15) is 9.18 Å². The number of nitrogens with one attached hydrogen (secondary N) is 1. The van der Waals surface area contributed by atoms with Crippen molar-refractivity contribution < 1.29 is 13.9 Å². The summed E-state index contributed by atoms with van der Waals surface area (Å²) < 4.78 is 21.2. The number of nitrogens with zero attached hydrogens (tertiary/aromatic N) is 3. The number of aromatic nitrogens is 3. The highest BCUT2D eigenvalue weighted by atomic mass is 32.2. The van der Waals surface area contributed by atoms with Crippen LogP contribution < -0.4 is 5.32 Å². The maximum absolute atomic E-state index is 13.4. The van der Waals surface area contributed by atoms with E-state index in [0.717, 1.165) is 37.9 Å². The third-order valence-corrected chi connectivity index (χ3v) is 6.75. The van der Waals surface area contributed by atoms with Crippen LogP contribution in [0.25, 0.3) is 11.4 Å². The van der Waals surface area contributed by atoms with E-state index in [-0.39, 0.29) is 17.8 Å². The first-order valence-electron chi connectivity index (χ1n) is 10.9. The predicted octanol–water partition coefficient (Wildman–Crippen LogP) is 4.19. The molecule has 1 saturated heterocycles. The summed E-state index contributed by atoms with van der Waals surface area (Å²) in [6.45, 7) is 1.40. The average Bonchev–Trinajstić information content (AvgIpc) is 3.32. The molecule has 0 spiro atoms. The van der Waals surface area contributed by atoms with E-state index < -0.39 is 0 Å². The van der Waals surface area contributed by atoms with Gasteiger partial charge in [0.15, 0.2) is 11.0 Å². The number of rotatable bonds is 7. The molecule has 1 aromatic carbocycles. The van der Waals surface area contributed by atoms with Crippen LogP contribution in [0, 0.1) is 5.82 Å². The molecule has 6 nitrogen and oxygen atoms in total. The van der Waals surface area contributed by atoms with Gasteiger partial charge in [-0.05, 0) is 49.9 Å². The Morgan fingerprint density at radius 1 is 1.10 bits per heavy atom. The largest absolute Gasteiger partial charge is 0.376 e. The summed E-state index contributed by atoms with van der Waals surface area (Å²) in [5.74, 6) is 0.747. The predicted molar refractivity (Wildman–Crippen MR) is 115 cm³/mol. The van der Waals surface area contributed by atoms with Gasteiger partial charge in [0.1, 0.15) is 5.82 Å². The highest BCUT2D eigenvalue weighted by Crippen LogP contribution is 2.27. The third kappa shape index (κ3) is 5.60. The van der Waals surface area contributed by atoms with Crippen LogP contribution in [0.3, 0.4) is 0 Å². The van der Waals surface area contributed by atoms with Crippen molar-refractivity contribution in [3.63, 3.8) is 0 Å². The molecule has 1 amide bonds. The van der Waals surface area contributed by atoms with Crippen LogP contribution in [0.15, 0.2) is 29.4 Å². The van der Waals surface area contributed by atoms with E-state index in [0.29, 0.717) is 29.3 Å². The normalized spacial score (nSPS) is 20.2. The van der Waals surface area contributed by atoms with Crippen LogP contribution in [0.5, 0.6) is 0 Å². The number of carbonyl (C=O) groups excluding carboxylic acids is 1. The Kier molecular flexibility index (Phi) is 7.38. The van der Waals surface area contributed by atoms with Crippen molar-refractivity contribution in [2.45, 2.75) is 75.2 Å². The molecule has 2 aromatic rings. The molecule has 162 valence electrons. The van der Waals surface area contributed by atoms with Crippen molar-refractivity contribution in [3.8, 4) is 11.4 Å². The molecule has 0 bridgehead atoms. The van der Waals surface area contributed by atoms with Crippen LogP contribution in [-0.4, -0.2) is 45.2 Å². The van der Waals surface area contributed by atoms with Crippen LogP contribution in [0.1, 0.15) is 51.4 Å². The van der Waals surface area contributed by atoms with E-state index >= 15 is 0 Å². The van der Waals surface area contributed by atoms with Gasteiger partial charge in [-0.15, -0.1) is 10.2 Å². The van der Waals surface area contributed by atoms with Crippen LogP contribution >= 0.6 is 11.8 Å². The Labute approximate surface area is 181 Å². The lowest BCUT2D eigenvalue weighted by Crippen LogP contribution is -2.35. The number of thioether (sulfide) groups is 1. The van der Waals surface area contributed by atoms with Gasteiger partial charge in [-0.1, -0.05) is 37.4 Å². The Hall–Kier alpha value is -1.93. The van der Waals surface area contributed by atoms with Crippen molar-refractivity contribution in [1.29, 1.82) is 0 Å². The van der Waals surface area contributed by atoms with Gasteiger partial charge in [-0.25, -0.2) is 4.39 Å². The standard InChI is InChI=1S/C22H29FN4O2S/c23-17-11-9-16(10-12-17)21-25-26-22(27(21)14-19-8-5-13-29-19)30-15-20(28)24-18-6-3-1-2-4-7-18/h9-12,18-19H,1-8,13-15H2,(H,24,28). The minimum Gasteiger partial charge on any atom is -0.376 e. The Morgan fingerprint density at radius 2 is 1.87 bits per heavy atom. The minimum absolute atomic E-state index is 0.0434. The highest BCUT2D eigenvalue weighted by molar-refractivity contribution is 7.99. The molecule has 1 unspecified atom stereocenters. The number of ether oxygens (including phenoxy) is 1. The Morgan fingerprint density at radius 3 is 2.57 bits per heavy atom. The van der Waals surface area contributed by atoms with Crippen LogP contribution in [0.2, 0.25) is 0 Å². The van der Waals surface area contributed by atoms with Crippen molar-refractivity contribution in [3.05, 3.63) is 30.1 Å². The number of hydrogen-bond acceptors (Lipinski definition) is 5. The second-order valence-electron chi connectivity index (χ2n) is 8.10. The molecule has 1 aliphatic carbocycles. The van der Waals surface area contributed by atoms with Gasteiger partial charge in [0.25, 0.3) is 0 Å². The molecule has 2 fully saturated rings. The average molecular weight is 433 g/mol. The maximum Gasteiger partial charge on any atom is 0.230 e. The minimum atomic E-state index is -0.284. The Balaban J connectivity index is 1.44. The number of amides is 1. The van der Waals surface area contributed by atoms with Crippen molar-refractivity contribution in [2.75, 3.05) is 12.4 Å². The topological polar surface area (TPSA) is 69.0 Å². The fourth-order valence-corrected chi connectivity index (χ4v) is 4.95. The van der Waals surface area contributed by atoms with Crippen molar-refractivity contribution in [1.82, 2.24) is 20.1 Å². The molecule has 1 saturated carbocycles. The SMILES string of the molecule is O=C(CSc1nnc(-c2ccc(F)cc2)n1CC1CCCO1)NC1CCCCCC1. The molecule has 8 heteroatoms. The molecule has 4 rings (SSSR count). The van der Waals surface area contributed by atoms with E-state index in [4.69, 9.17) is 4.74 Å². The summed E-state index contributed by atoms with van der Waals surface area (Å²) >= 11 is 1.40. The first kappa shape index (κ1) is 21.3. The number of carbonyl (C=O) groups is 1. The molecule has 0 radical (unpaired) electrons. The van der Waals surface area contributed by atoms with Gasteiger partial charge in [0, 0.05) is 18.2 Å². The fourth-order valence-electron chi connectivity index (χ4n) is 4.19. The van der Waals surface area contributed by atoms with Gasteiger partial charge in [0.05, 0.1) is 18.4 Å². The zero-order chi connectivity index (χ0) is 20.8. The number of benzene rings is 1. The van der Waals surface area contributed by atoms with Crippen LogP contribution in [0.4, 0.5) is 4.39 Å². The first-order valence-corrected chi connectivity index (χ1v) is 11.9. The summed E-state index contributed by atoms with van der Waals surface area (Å²) in [7, 11) is 0. The molecule has 2 aliphatic rings. The second-order valence-corrected chi connectivity index (χ2v) is 9.05. The summed E-state index contributed by atoms with van der Waals surface area (Å²) in [5, 5.41) is 12.6. The lowest BCUT2D eigenvalue weighted by molar-refractivity contribution is -0.119. The number of hydrogen-bond donors (Lipinski definition) is 1. The highest BCUT2D eigenvalue weighted by Gasteiger charge is 2.23. The molecule has 30 heavy (non-hydrogen) atoms. The van der Waals surface area contributed by atoms with E-state index in [1.54, 1.807) is 12.1 Å². The van der Waals surface area contributed by atoms with Crippen molar-refractivity contribution >= 4 is 17.7 Å². The summed E-state index contributed by atoms with van der Waals surface area (Å²) in [4.78, 5) is 12.5. The van der Waals surface area contributed by atoms with Gasteiger partial charge in [0.2, 0.25) is 5.91 Å². The summed E-state index contributed by atoms with van der Waals surface area (Å²) in [6.07, 6.45) is 9.20. The van der Waals surface area contributed by atoms with Gasteiger partial charge >= 0.3 is 0 Å². The first-order chi connectivity index (χ1) is 14.7. The third-order valence-electron chi connectivity index (χ3n) is 5.78. The maximum atomic E-state index is 13.4. The number of halogens is 1. The van der Waals surface area contributed by atoms with Crippen LogP contribution in [-0.2, 0) is 16.1 Å². The van der Waals surface area contributed by atoms with Gasteiger partial charge < -0.3 is 10.1 Å². The van der Waals surface area contributed by atoms with Crippen molar-refractivity contribution in [2.24, 2.45) is 0 Å². The quantitative estimate of drug-likeness (QED) is 0.525. The summed E-state index contributed by atoms with van der Waals surface area (Å²) in [5.41, 5.74) is 0.802. The molecule has 1 aromatic heterocycles. The summed E-state index contributed by atoms with van der Waals surface area (Å²) in [6, 6.07) is 6.55. The second kappa shape index (κ2) is 10.4. The monoisotopic (exact) mass is 432 g/mol.